The van der Waals surface area contributed by atoms with Crippen molar-refractivity contribution in [1.29, 1.82) is 5.41 Å². The van der Waals surface area contributed by atoms with Gasteiger partial charge in [0.05, 0.1) is 13.3 Å². The highest BCUT2D eigenvalue weighted by molar-refractivity contribution is 5.94. The lowest BCUT2D eigenvalue weighted by Crippen LogP contribution is -2.11. The number of alkyl halides is 2. The second-order valence-corrected chi connectivity index (χ2v) is 3.04. The quantitative estimate of drug-likeness (QED) is 0.564. The van der Waals surface area contributed by atoms with Gasteiger partial charge < -0.3 is 5.73 Å². The second-order valence-electron chi connectivity index (χ2n) is 3.04. The molecule has 0 saturated heterocycles. The van der Waals surface area contributed by atoms with E-state index < -0.39 is 19.3 Å². The lowest BCUT2D eigenvalue weighted by Gasteiger charge is -2.09. The third-order valence-corrected chi connectivity index (χ3v) is 2.07. The van der Waals surface area contributed by atoms with Gasteiger partial charge in [0.2, 0.25) is 0 Å². The van der Waals surface area contributed by atoms with Crippen LogP contribution in [0.1, 0.15) is 17.0 Å². The minimum Gasteiger partial charge on any atom is -0.384 e. The lowest BCUT2D eigenvalue weighted by atomic mass is 10.0. The van der Waals surface area contributed by atoms with Crippen LogP contribution in [0.2, 0.25) is 0 Å². The van der Waals surface area contributed by atoms with Gasteiger partial charge in [-0.1, -0.05) is 24.3 Å². The first-order valence-corrected chi connectivity index (χ1v) is 4.25. The molecule has 0 amide bonds. The van der Waals surface area contributed by atoms with Crippen LogP contribution in [0.3, 0.4) is 0 Å². The highest BCUT2D eigenvalue weighted by Crippen LogP contribution is 2.17. The standard InChI is InChI=1S/C10H12F2N2/c11-5-9(6-12)7-1-3-8(4-2-7)10(13)14/h1-4,9H,5-6H2,(H3,13,14). The number of amidine groups is 1. The minimum absolute atomic E-state index is 0.0476. The first-order chi connectivity index (χ1) is 6.69. The molecule has 1 rings (SSSR count). The first kappa shape index (κ1) is 10.6. The summed E-state index contributed by atoms with van der Waals surface area (Å²) in [7, 11) is 0. The van der Waals surface area contributed by atoms with Crippen molar-refractivity contribution in [1.82, 2.24) is 0 Å². The summed E-state index contributed by atoms with van der Waals surface area (Å²) in [5.41, 5.74) is 6.40. The Bertz CT molecular complexity index is 304. The van der Waals surface area contributed by atoms with Crippen LogP contribution in [-0.2, 0) is 0 Å². The maximum absolute atomic E-state index is 12.3. The average Bonchev–Trinajstić information content (AvgIpc) is 2.20. The molecule has 0 bridgehead atoms. The molecule has 1 aromatic carbocycles. The maximum Gasteiger partial charge on any atom is 0.122 e. The zero-order valence-corrected chi connectivity index (χ0v) is 7.63. The third-order valence-electron chi connectivity index (χ3n) is 2.07. The van der Waals surface area contributed by atoms with Crippen LogP contribution < -0.4 is 5.73 Å². The Morgan fingerprint density at radius 3 is 2.07 bits per heavy atom. The largest absolute Gasteiger partial charge is 0.384 e. The zero-order chi connectivity index (χ0) is 10.6. The molecule has 3 N–H and O–H groups in total. The molecular formula is C10H12F2N2. The number of rotatable bonds is 4. The predicted molar refractivity (Wildman–Crippen MR) is 52.1 cm³/mol. The van der Waals surface area contributed by atoms with E-state index in [1.54, 1.807) is 24.3 Å². The number of benzene rings is 1. The summed E-state index contributed by atoms with van der Waals surface area (Å²) in [5, 5.41) is 7.13. The van der Waals surface area contributed by atoms with E-state index in [4.69, 9.17) is 11.1 Å². The molecule has 1 aromatic rings. The van der Waals surface area contributed by atoms with Crippen LogP contribution in [0.25, 0.3) is 0 Å². The predicted octanol–water partition coefficient (Wildman–Crippen LogP) is 1.99. The number of hydrogen-bond acceptors (Lipinski definition) is 1. The third kappa shape index (κ3) is 2.28. The molecule has 2 nitrogen and oxygen atoms in total. The summed E-state index contributed by atoms with van der Waals surface area (Å²) in [5.74, 6) is -0.746. The summed E-state index contributed by atoms with van der Waals surface area (Å²) in [6.45, 7) is -1.42. The summed E-state index contributed by atoms with van der Waals surface area (Å²) >= 11 is 0. The molecule has 76 valence electrons. The van der Waals surface area contributed by atoms with E-state index in [1.165, 1.54) is 0 Å². The Hall–Kier alpha value is -1.45. The van der Waals surface area contributed by atoms with E-state index in [0.29, 0.717) is 11.1 Å². The SMILES string of the molecule is N=C(N)c1ccc(C(CF)CF)cc1. The molecule has 0 spiro atoms. The fraction of sp³-hybridized carbons (Fsp3) is 0.300. The Balaban J connectivity index is 2.87. The van der Waals surface area contributed by atoms with Crippen LogP contribution in [0, 0.1) is 5.41 Å². The number of hydrogen-bond donors (Lipinski definition) is 2. The number of nitrogens with two attached hydrogens (primary N) is 1. The van der Waals surface area contributed by atoms with E-state index in [2.05, 4.69) is 0 Å². The summed E-state index contributed by atoms with van der Waals surface area (Å²) in [6.07, 6.45) is 0. The molecule has 0 aliphatic rings. The van der Waals surface area contributed by atoms with Crippen LogP contribution >= 0.6 is 0 Å². The molecule has 14 heavy (non-hydrogen) atoms. The molecule has 0 heterocycles. The number of nitrogen functional groups attached to an aromatic ring is 1. The number of halogens is 2. The minimum atomic E-state index is -0.712. The summed E-state index contributed by atoms with van der Waals surface area (Å²) in [4.78, 5) is 0. The van der Waals surface area contributed by atoms with E-state index in [-0.39, 0.29) is 5.84 Å². The van der Waals surface area contributed by atoms with Crippen molar-refractivity contribution < 1.29 is 8.78 Å². The van der Waals surface area contributed by atoms with Gasteiger partial charge in [0.25, 0.3) is 0 Å². The zero-order valence-electron chi connectivity index (χ0n) is 7.63. The van der Waals surface area contributed by atoms with E-state index >= 15 is 0 Å². The molecule has 0 unspecified atom stereocenters. The second kappa shape index (κ2) is 4.69. The van der Waals surface area contributed by atoms with Gasteiger partial charge in [-0.15, -0.1) is 0 Å². The van der Waals surface area contributed by atoms with Crippen molar-refractivity contribution in [2.75, 3.05) is 13.3 Å². The monoisotopic (exact) mass is 198 g/mol. The number of nitrogens with one attached hydrogen (secondary N) is 1. The molecule has 0 aliphatic carbocycles. The Kier molecular flexibility index (Phi) is 3.56. The summed E-state index contributed by atoms with van der Waals surface area (Å²) < 4.78 is 24.6. The maximum atomic E-state index is 12.3. The molecular weight excluding hydrogens is 186 g/mol. The van der Waals surface area contributed by atoms with E-state index in [0.717, 1.165) is 0 Å². The van der Waals surface area contributed by atoms with Gasteiger partial charge in [-0.3, -0.25) is 14.2 Å². The Morgan fingerprint density at radius 2 is 1.71 bits per heavy atom. The highest BCUT2D eigenvalue weighted by Gasteiger charge is 2.10. The fourth-order valence-corrected chi connectivity index (χ4v) is 1.15. The molecule has 0 aliphatic heterocycles. The average molecular weight is 198 g/mol. The molecule has 4 heteroatoms. The van der Waals surface area contributed by atoms with Crippen LogP contribution in [0.5, 0.6) is 0 Å². The van der Waals surface area contributed by atoms with Crippen molar-refractivity contribution in [3.05, 3.63) is 35.4 Å². The normalized spacial score (nSPS) is 10.5. The molecule has 0 fully saturated rings. The van der Waals surface area contributed by atoms with Crippen molar-refractivity contribution in [2.45, 2.75) is 5.92 Å². The van der Waals surface area contributed by atoms with Gasteiger partial charge in [0, 0.05) is 11.5 Å². The molecule has 0 aromatic heterocycles. The molecule has 0 radical (unpaired) electrons. The van der Waals surface area contributed by atoms with Gasteiger partial charge in [0.15, 0.2) is 0 Å². The Labute approximate surface area is 81.2 Å². The molecule has 0 atom stereocenters. The lowest BCUT2D eigenvalue weighted by molar-refractivity contribution is 0.353. The van der Waals surface area contributed by atoms with Gasteiger partial charge in [-0.2, -0.15) is 0 Å². The fourth-order valence-electron chi connectivity index (χ4n) is 1.15. The van der Waals surface area contributed by atoms with Crippen LogP contribution in [-0.4, -0.2) is 19.2 Å². The molecule has 0 saturated carbocycles. The van der Waals surface area contributed by atoms with Crippen LogP contribution in [0.15, 0.2) is 24.3 Å². The van der Waals surface area contributed by atoms with Crippen molar-refractivity contribution in [3.8, 4) is 0 Å². The van der Waals surface area contributed by atoms with E-state index in [9.17, 15) is 8.78 Å². The van der Waals surface area contributed by atoms with Gasteiger partial charge in [-0.05, 0) is 5.56 Å². The van der Waals surface area contributed by atoms with Crippen molar-refractivity contribution in [3.63, 3.8) is 0 Å². The summed E-state index contributed by atoms with van der Waals surface area (Å²) in [6, 6.07) is 6.38. The van der Waals surface area contributed by atoms with Crippen molar-refractivity contribution >= 4 is 5.84 Å². The van der Waals surface area contributed by atoms with Gasteiger partial charge in [-0.25, -0.2) is 0 Å². The van der Waals surface area contributed by atoms with Gasteiger partial charge >= 0.3 is 0 Å². The van der Waals surface area contributed by atoms with E-state index in [1.807, 2.05) is 0 Å². The van der Waals surface area contributed by atoms with Gasteiger partial charge in [0.1, 0.15) is 5.84 Å². The smallest absolute Gasteiger partial charge is 0.122 e. The van der Waals surface area contributed by atoms with Crippen LogP contribution in [0.4, 0.5) is 8.78 Å². The highest BCUT2D eigenvalue weighted by atomic mass is 19.1. The topological polar surface area (TPSA) is 49.9 Å². The first-order valence-electron chi connectivity index (χ1n) is 4.25. The van der Waals surface area contributed by atoms with Crippen molar-refractivity contribution in [2.24, 2.45) is 5.73 Å². The Morgan fingerprint density at radius 1 is 1.21 bits per heavy atom.